The van der Waals surface area contributed by atoms with Crippen molar-refractivity contribution in [2.75, 3.05) is 62.7 Å². The van der Waals surface area contributed by atoms with Gasteiger partial charge >= 0.3 is 0 Å². The average molecular weight is 868 g/mol. The number of allylic oxidation sites excluding steroid dienone is 1. The van der Waals surface area contributed by atoms with Crippen molar-refractivity contribution in [2.45, 2.75) is 81.7 Å². The Bertz CT molecular complexity index is 2560. The molecule has 4 aliphatic carbocycles. The number of hydrogen-bond donors (Lipinski definition) is 3. The Morgan fingerprint density at radius 2 is 1.85 bits per heavy atom. The van der Waals surface area contributed by atoms with Crippen molar-refractivity contribution in [2.24, 2.45) is 22.7 Å². The topological polar surface area (TPSA) is 172 Å². The van der Waals surface area contributed by atoms with Gasteiger partial charge in [-0.05, 0) is 104 Å². The first kappa shape index (κ1) is 41.0. The number of anilines is 2. The van der Waals surface area contributed by atoms with Crippen LogP contribution in [0.5, 0.6) is 11.5 Å². The van der Waals surface area contributed by atoms with E-state index in [0.717, 1.165) is 67.8 Å². The molecule has 2 aromatic carbocycles. The first-order valence-electron chi connectivity index (χ1n) is 22.1. The van der Waals surface area contributed by atoms with E-state index in [2.05, 4.69) is 36.7 Å². The van der Waals surface area contributed by atoms with Crippen LogP contribution in [-0.4, -0.2) is 92.3 Å². The van der Waals surface area contributed by atoms with Crippen LogP contribution in [0.1, 0.15) is 81.5 Å². The fourth-order valence-corrected chi connectivity index (χ4v) is 12.2. The van der Waals surface area contributed by atoms with Crippen LogP contribution in [0.4, 0.5) is 21.5 Å². The zero-order valence-electron chi connectivity index (χ0n) is 35.1. The Morgan fingerprint density at radius 1 is 1.05 bits per heavy atom. The summed E-state index contributed by atoms with van der Waals surface area (Å²) in [6, 6.07) is 11.9. The maximum atomic E-state index is 15.2. The predicted octanol–water partition coefficient (Wildman–Crippen LogP) is 8.13. The first-order valence-corrected chi connectivity index (χ1v) is 23.6. The molecule has 10 rings (SSSR count). The molecule has 1 amide bonds. The molecule has 14 nitrogen and oxygen atoms in total. The molecule has 2 aromatic heterocycles. The van der Waals surface area contributed by atoms with Crippen LogP contribution >= 0.6 is 0 Å². The molecule has 2 aliphatic heterocycles. The molecule has 6 aliphatic rings. The third kappa shape index (κ3) is 7.72. The normalized spacial score (nSPS) is 25.4. The summed E-state index contributed by atoms with van der Waals surface area (Å²) in [5, 5.41) is 15.6. The third-order valence-corrected chi connectivity index (χ3v) is 16.4. The van der Waals surface area contributed by atoms with Crippen molar-refractivity contribution < 1.29 is 32.0 Å². The number of H-pyrrole nitrogens is 1. The van der Waals surface area contributed by atoms with E-state index in [1.807, 2.05) is 11.6 Å². The molecule has 4 aromatic rings. The molecule has 3 N–H and O–H groups in total. The van der Waals surface area contributed by atoms with Crippen molar-refractivity contribution in [3.8, 4) is 11.5 Å². The average Bonchev–Trinajstić information content (AvgIpc) is 3.61. The van der Waals surface area contributed by atoms with E-state index in [1.165, 1.54) is 63.6 Å². The molecule has 0 bridgehead atoms. The van der Waals surface area contributed by atoms with E-state index in [1.54, 1.807) is 36.0 Å². The molecular weight excluding hydrogens is 814 g/mol. The number of sulfonamides is 1. The zero-order valence-corrected chi connectivity index (χ0v) is 35.9. The van der Waals surface area contributed by atoms with Gasteiger partial charge < -0.3 is 24.7 Å². The van der Waals surface area contributed by atoms with Gasteiger partial charge in [0.2, 0.25) is 0 Å². The number of hydrogen-bond acceptors (Lipinski definition) is 11. The second-order valence-corrected chi connectivity index (χ2v) is 20.6. The van der Waals surface area contributed by atoms with E-state index < -0.39 is 37.1 Å². The summed E-state index contributed by atoms with van der Waals surface area (Å²) >= 11 is 0. The van der Waals surface area contributed by atoms with Crippen molar-refractivity contribution in [3.05, 3.63) is 87.7 Å². The summed E-state index contributed by atoms with van der Waals surface area (Å²) in [6.45, 7) is 7.07. The number of ether oxygens (including phenoxy) is 2. The van der Waals surface area contributed by atoms with Crippen LogP contribution in [0.25, 0.3) is 11.0 Å². The Labute approximate surface area is 360 Å². The van der Waals surface area contributed by atoms with Gasteiger partial charge in [0.15, 0.2) is 0 Å². The molecule has 3 atom stereocenters. The standard InChI is InChI=1S/C46H54FN7O7S/c1-30-24-46(26-37(30)46)38-25-44(9-2-10-44)11-7-32(38)28-52-15-17-53(18-16-52)33-3-5-36(41(22-33)61-34-21-31-8-14-48-42(31)49-27-34)43(55)51-62(58,59)35-4-6-39(40(23-35)54(56)57)50-29-45(47)12-19-60-20-13-45/h3-6,8,14,21-23,27,30,37,50H,2,7,9-13,15-20,24-26,28-29H2,1H3,(H,48,49)(H,51,55). The third-order valence-electron chi connectivity index (χ3n) is 15.1. The number of aromatic nitrogens is 2. The minimum Gasteiger partial charge on any atom is -0.455 e. The number of carbonyl (C=O) groups excluding carboxylic acids is 1. The highest BCUT2D eigenvalue weighted by atomic mass is 32.2. The van der Waals surface area contributed by atoms with Gasteiger partial charge in [-0.15, -0.1) is 0 Å². The number of nitrogens with one attached hydrogen (secondary N) is 3. The zero-order chi connectivity index (χ0) is 42.9. The number of rotatable bonds is 13. The number of benzene rings is 2. The minimum atomic E-state index is -4.62. The molecule has 5 fully saturated rings. The lowest BCUT2D eigenvalue weighted by molar-refractivity contribution is -0.384. The van der Waals surface area contributed by atoms with E-state index in [4.69, 9.17) is 9.47 Å². The molecular formula is C46H54FN7O7S. The molecule has 0 radical (unpaired) electrons. The number of halogens is 1. The number of nitro benzene ring substituents is 1. The number of piperazine rings is 1. The predicted molar refractivity (Wildman–Crippen MR) is 233 cm³/mol. The van der Waals surface area contributed by atoms with E-state index >= 15 is 4.39 Å². The van der Waals surface area contributed by atoms with Crippen molar-refractivity contribution in [3.63, 3.8) is 0 Å². The number of amides is 1. The summed E-state index contributed by atoms with van der Waals surface area (Å²) in [7, 11) is -4.62. The molecule has 4 heterocycles. The Hall–Kier alpha value is -5.06. The highest BCUT2D eigenvalue weighted by Gasteiger charge is 2.68. The van der Waals surface area contributed by atoms with Gasteiger partial charge in [-0.2, -0.15) is 0 Å². The molecule has 3 saturated carbocycles. The largest absolute Gasteiger partial charge is 0.455 e. The number of pyridine rings is 1. The summed E-state index contributed by atoms with van der Waals surface area (Å²) in [4.78, 5) is 37.1. The lowest BCUT2D eigenvalue weighted by Gasteiger charge is -2.50. The Kier molecular flexibility index (Phi) is 10.3. The summed E-state index contributed by atoms with van der Waals surface area (Å²) in [6.07, 6.45) is 14.4. The van der Waals surface area contributed by atoms with Crippen molar-refractivity contribution in [1.29, 1.82) is 0 Å². The van der Waals surface area contributed by atoms with Gasteiger partial charge in [-0.1, -0.05) is 24.5 Å². The fourth-order valence-electron chi connectivity index (χ4n) is 11.2. The van der Waals surface area contributed by atoms with E-state index in [0.29, 0.717) is 22.2 Å². The maximum Gasteiger partial charge on any atom is 0.293 e. The van der Waals surface area contributed by atoms with Crippen molar-refractivity contribution in [1.82, 2.24) is 19.6 Å². The fraction of sp³-hybridized carbons (Fsp3) is 0.522. The Morgan fingerprint density at radius 3 is 2.56 bits per heavy atom. The second kappa shape index (κ2) is 15.6. The number of aromatic amines is 1. The van der Waals surface area contributed by atoms with Gasteiger partial charge in [0, 0.05) is 94.7 Å². The quantitative estimate of drug-likeness (QED) is 0.0673. The van der Waals surface area contributed by atoms with Gasteiger partial charge in [-0.3, -0.25) is 19.8 Å². The van der Waals surface area contributed by atoms with Gasteiger partial charge in [0.1, 0.15) is 28.5 Å². The minimum absolute atomic E-state index is 0.0407. The monoisotopic (exact) mass is 867 g/mol. The van der Waals surface area contributed by atoms with Crippen LogP contribution in [0, 0.1) is 32.8 Å². The number of carbonyl (C=O) groups is 1. The van der Waals surface area contributed by atoms with E-state index in [-0.39, 0.29) is 49.6 Å². The molecule has 16 heteroatoms. The highest BCUT2D eigenvalue weighted by Crippen LogP contribution is 2.77. The molecule has 1 spiro atoms. The van der Waals surface area contributed by atoms with Gasteiger partial charge in [-0.25, -0.2) is 22.5 Å². The summed E-state index contributed by atoms with van der Waals surface area (Å²) < 4.78 is 56.2. The van der Waals surface area contributed by atoms with Crippen molar-refractivity contribution >= 4 is 44.0 Å². The SMILES string of the molecule is CC1CC2(C3=C(CN4CCN(c5ccc(C(=O)NS(=O)(=O)c6ccc(NCC7(F)CCOCC7)c([N+](=O)[O-])c6)c(Oc6cnc7[nH]ccc7c6)c5)CC4)CCC4(CCC4)C3)CC12. The van der Waals surface area contributed by atoms with Crippen LogP contribution in [-0.2, 0) is 14.8 Å². The second-order valence-electron chi connectivity index (χ2n) is 18.9. The summed E-state index contributed by atoms with van der Waals surface area (Å²) in [5.74, 6) is 1.26. The van der Waals surface area contributed by atoms with Gasteiger partial charge in [0.05, 0.1) is 21.6 Å². The van der Waals surface area contributed by atoms with Crippen LogP contribution in [0.2, 0.25) is 0 Å². The number of nitro groups is 1. The Balaban J connectivity index is 0.861. The molecule has 2 saturated heterocycles. The van der Waals surface area contributed by atoms with Crippen LogP contribution < -0.4 is 19.7 Å². The van der Waals surface area contributed by atoms with Crippen LogP contribution in [0.3, 0.4) is 0 Å². The number of nitrogens with zero attached hydrogens (tertiary/aromatic N) is 4. The lowest BCUT2D eigenvalue weighted by atomic mass is 9.55. The van der Waals surface area contributed by atoms with E-state index in [9.17, 15) is 23.3 Å². The first-order chi connectivity index (χ1) is 29.8. The number of alkyl halides is 1. The smallest absolute Gasteiger partial charge is 0.293 e. The lowest BCUT2D eigenvalue weighted by Crippen LogP contribution is -2.47. The molecule has 62 heavy (non-hydrogen) atoms. The summed E-state index contributed by atoms with van der Waals surface area (Å²) in [5.41, 5.74) is 3.84. The highest BCUT2D eigenvalue weighted by molar-refractivity contribution is 7.90. The van der Waals surface area contributed by atoms with Gasteiger partial charge in [0.25, 0.3) is 21.6 Å². The maximum absolute atomic E-state index is 15.2. The molecule has 3 unspecified atom stereocenters. The molecule has 328 valence electrons. The number of fused-ring (bicyclic) bond motifs is 2. The van der Waals surface area contributed by atoms with Crippen LogP contribution in [0.15, 0.2) is 77.0 Å².